The first kappa shape index (κ1) is 13.3. The van der Waals surface area contributed by atoms with E-state index < -0.39 is 0 Å². The zero-order valence-electron chi connectivity index (χ0n) is 13.2. The fourth-order valence-corrected chi connectivity index (χ4v) is 3.30. The lowest BCUT2D eigenvalue weighted by Gasteiger charge is -2.06. The number of nitrogens with zero attached hydrogens (tertiary/aromatic N) is 2. The quantitative estimate of drug-likeness (QED) is 0.410. The summed E-state index contributed by atoms with van der Waals surface area (Å²) in [5.41, 5.74) is 4.47. The van der Waals surface area contributed by atoms with Gasteiger partial charge in [-0.15, -0.1) is 0 Å². The first-order valence-corrected chi connectivity index (χ1v) is 7.93. The maximum atomic E-state index is 6.21. The third kappa shape index (κ3) is 1.85. The lowest BCUT2D eigenvalue weighted by molar-refractivity contribution is 0.670. The topological polar surface area (TPSA) is 38.9 Å². The van der Waals surface area contributed by atoms with Crippen molar-refractivity contribution in [2.75, 3.05) is 0 Å². The van der Waals surface area contributed by atoms with Crippen LogP contribution in [0.1, 0.15) is 5.69 Å². The molecule has 24 heavy (non-hydrogen) atoms. The summed E-state index contributed by atoms with van der Waals surface area (Å²) in [5.74, 6) is 0. The minimum atomic E-state index is 0.829. The normalized spacial score (nSPS) is 11.5. The van der Waals surface area contributed by atoms with E-state index in [2.05, 4.69) is 46.4 Å². The summed E-state index contributed by atoms with van der Waals surface area (Å²) < 4.78 is 6.21. The van der Waals surface area contributed by atoms with E-state index in [1.165, 1.54) is 10.8 Å². The van der Waals surface area contributed by atoms with Crippen LogP contribution in [-0.4, -0.2) is 9.97 Å². The predicted molar refractivity (Wildman–Crippen MR) is 97.0 cm³/mol. The maximum Gasteiger partial charge on any atom is 0.145 e. The molecule has 0 fully saturated rings. The van der Waals surface area contributed by atoms with Crippen molar-refractivity contribution in [3.05, 3.63) is 72.7 Å². The molecule has 0 amide bonds. The van der Waals surface area contributed by atoms with Gasteiger partial charge in [0.2, 0.25) is 0 Å². The van der Waals surface area contributed by atoms with Crippen LogP contribution < -0.4 is 0 Å². The molecule has 0 atom stereocenters. The summed E-state index contributed by atoms with van der Waals surface area (Å²) in [6.45, 7) is 1.94. The zero-order chi connectivity index (χ0) is 16.1. The molecule has 2 aromatic heterocycles. The van der Waals surface area contributed by atoms with Gasteiger partial charge in [0.05, 0.1) is 17.6 Å². The summed E-state index contributed by atoms with van der Waals surface area (Å²) in [5, 5.41) is 4.64. The van der Waals surface area contributed by atoms with Crippen molar-refractivity contribution in [2.24, 2.45) is 0 Å². The van der Waals surface area contributed by atoms with E-state index in [-0.39, 0.29) is 0 Å². The molecule has 5 aromatic rings. The smallest absolute Gasteiger partial charge is 0.145 e. The fourth-order valence-electron chi connectivity index (χ4n) is 3.30. The molecule has 0 saturated heterocycles. The van der Waals surface area contributed by atoms with Gasteiger partial charge >= 0.3 is 0 Å². The van der Waals surface area contributed by atoms with E-state index in [4.69, 9.17) is 4.42 Å². The molecule has 0 N–H and O–H groups in total. The van der Waals surface area contributed by atoms with Crippen molar-refractivity contribution in [1.29, 1.82) is 0 Å². The van der Waals surface area contributed by atoms with Crippen molar-refractivity contribution in [1.82, 2.24) is 9.97 Å². The summed E-state index contributed by atoms with van der Waals surface area (Å²) in [6, 6.07) is 18.7. The zero-order valence-corrected chi connectivity index (χ0v) is 13.2. The molecule has 0 aliphatic rings. The molecule has 3 nitrogen and oxygen atoms in total. The van der Waals surface area contributed by atoms with Gasteiger partial charge in [-0.25, -0.2) is 0 Å². The van der Waals surface area contributed by atoms with E-state index >= 15 is 0 Å². The Labute approximate surface area is 138 Å². The maximum absolute atomic E-state index is 6.21. The number of aromatic nitrogens is 2. The number of benzene rings is 3. The minimum absolute atomic E-state index is 0.829. The van der Waals surface area contributed by atoms with Gasteiger partial charge < -0.3 is 4.42 Å². The van der Waals surface area contributed by atoms with Crippen LogP contribution in [0.2, 0.25) is 0 Å². The van der Waals surface area contributed by atoms with Crippen molar-refractivity contribution < 1.29 is 4.42 Å². The summed E-state index contributed by atoms with van der Waals surface area (Å²) >= 11 is 0. The molecule has 5 rings (SSSR count). The Morgan fingerprint density at radius 1 is 0.833 bits per heavy atom. The van der Waals surface area contributed by atoms with E-state index in [0.717, 1.165) is 38.9 Å². The molecule has 0 saturated carbocycles. The van der Waals surface area contributed by atoms with E-state index in [9.17, 15) is 0 Å². The van der Waals surface area contributed by atoms with Crippen LogP contribution in [0.4, 0.5) is 0 Å². The molecular formula is C21H14N2O. The lowest BCUT2D eigenvalue weighted by atomic mass is 9.99. The Balaban J connectivity index is 2.00. The highest BCUT2D eigenvalue weighted by molar-refractivity contribution is 6.22. The molecule has 114 valence electrons. The molecule has 0 unspecified atom stereocenters. The van der Waals surface area contributed by atoms with Gasteiger partial charge in [0, 0.05) is 22.5 Å². The summed E-state index contributed by atoms with van der Waals surface area (Å²) in [7, 11) is 0. The second kappa shape index (κ2) is 4.90. The highest BCUT2D eigenvalue weighted by Crippen LogP contribution is 2.39. The standard InChI is InChI=1S/C21H14N2O/c1-13-11-23-18(12-22-13)17-10-14-6-2-3-7-15(14)20-16-8-4-5-9-19(16)24-21(17)20/h2-12H,1H3. The third-order valence-corrected chi connectivity index (χ3v) is 4.43. The third-order valence-electron chi connectivity index (χ3n) is 4.43. The Morgan fingerprint density at radius 2 is 1.62 bits per heavy atom. The van der Waals surface area contributed by atoms with Crippen molar-refractivity contribution >= 4 is 32.7 Å². The van der Waals surface area contributed by atoms with Crippen LogP contribution in [0.5, 0.6) is 0 Å². The number of fused-ring (bicyclic) bond motifs is 5. The Morgan fingerprint density at radius 3 is 2.46 bits per heavy atom. The predicted octanol–water partition coefficient (Wildman–Crippen LogP) is 5.50. The summed E-state index contributed by atoms with van der Waals surface area (Å²) in [4.78, 5) is 8.95. The monoisotopic (exact) mass is 310 g/mol. The molecule has 0 spiro atoms. The summed E-state index contributed by atoms with van der Waals surface area (Å²) in [6.07, 6.45) is 3.60. The van der Waals surface area contributed by atoms with Crippen molar-refractivity contribution in [3.63, 3.8) is 0 Å². The molecule has 0 aliphatic carbocycles. The lowest BCUT2D eigenvalue weighted by Crippen LogP contribution is -1.89. The van der Waals surface area contributed by atoms with Gasteiger partial charge in [-0.05, 0) is 29.8 Å². The fraction of sp³-hybridized carbons (Fsp3) is 0.0476. The molecule has 3 aromatic carbocycles. The largest absolute Gasteiger partial charge is 0.455 e. The number of aryl methyl sites for hydroxylation is 1. The van der Waals surface area contributed by atoms with Crippen LogP contribution in [-0.2, 0) is 0 Å². The average molecular weight is 310 g/mol. The number of para-hydroxylation sites is 1. The number of hydrogen-bond donors (Lipinski definition) is 0. The molecule has 3 heteroatoms. The SMILES string of the molecule is Cc1cnc(-c2cc3ccccc3c3c2oc2ccccc23)cn1. The van der Waals surface area contributed by atoms with Crippen LogP contribution in [0, 0.1) is 6.92 Å². The first-order valence-electron chi connectivity index (χ1n) is 7.93. The van der Waals surface area contributed by atoms with Gasteiger partial charge in [-0.1, -0.05) is 42.5 Å². The van der Waals surface area contributed by atoms with Gasteiger partial charge in [-0.2, -0.15) is 0 Å². The second-order valence-electron chi connectivity index (χ2n) is 5.99. The van der Waals surface area contributed by atoms with E-state index in [0.29, 0.717) is 0 Å². The molecular weight excluding hydrogens is 296 g/mol. The van der Waals surface area contributed by atoms with Gasteiger partial charge in [-0.3, -0.25) is 9.97 Å². The van der Waals surface area contributed by atoms with E-state index in [1.54, 1.807) is 6.20 Å². The Kier molecular flexibility index (Phi) is 2.71. The molecule has 0 bridgehead atoms. The average Bonchev–Trinajstić information content (AvgIpc) is 3.02. The molecule has 0 aliphatic heterocycles. The Hall–Kier alpha value is -3.20. The van der Waals surface area contributed by atoms with Gasteiger partial charge in [0.25, 0.3) is 0 Å². The van der Waals surface area contributed by atoms with Crippen LogP contribution in [0.3, 0.4) is 0 Å². The molecule has 0 radical (unpaired) electrons. The van der Waals surface area contributed by atoms with Gasteiger partial charge in [0.15, 0.2) is 0 Å². The second-order valence-corrected chi connectivity index (χ2v) is 5.99. The Bertz CT molecular complexity index is 1200. The van der Waals surface area contributed by atoms with Gasteiger partial charge in [0.1, 0.15) is 11.2 Å². The van der Waals surface area contributed by atoms with Crippen LogP contribution >= 0.6 is 0 Å². The highest BCUT2D eigenvalue weighted by Gasteiger charge is 2.16. The molecule has 2 heterocycles. The van der Waals surface area contributed by atoms with Crippen molar-refractivity contribution in [3.8, 4) is 11.3 Å². The first-order chi connectivity index (χ1) is 11.8. The van der Waals surface area contributed by atoms with E-state index in [1.807, 2.05) is 31.3 Å². The number of rotatable bonds is 1. The minimum Gasteiger partial charge on any atom is -0.455 e. The van der Waals surface area contributed by atoms with Crippen LogP contribution in [0.25, 0.3) is 44.0 Å². The highest BCUT2D eigenvalue weighted by atomic mass is 16.3. The van der Waals surface area contributed by atoms with Crippen LogP contribution in [0.15, 0.2) is 71.4 Å². The van der Waals surface area contributed by atoms with Crippen molar-refractivity contribution in [2.45, 2.75) is 6.92 Å². The number of furan rings is 1. The number of hydrogen-bond acceptors (Lipinski definition) is 3.